The molecule has 1 aromatic carbocycles. The highest BCUT2D eigenvalue weighted by Gasteiger charge is 2.05. The number of alkyl halides is 1. The lowest BCUT2D eigenvalue weighted by molar-refractivity contribution is 0.147. The van der Waals surface area contributed by atoms with Crippen molar-refractivity contribution in [3.8, 4) is 0 Å². The molecule has 2 heteroatoms. The third-order valence-electron chi connectivity index (χ3n) is 2.08. The zero-order chi connectivity index (χ0) is 10.4. The molecule has 0 bridgehead atoms. The first-order valence-corrected chi connectivity index (χ1v) is 5.43. The molecule has 0 spiro atoms. The summed E-state index contributed by atoms with van der Waals surface area (Å²) in [4.78, 5) is 0. The minimum absolute atomic E-state index is 0.0812. The van der Waals surface area contributed by atoms with Crippen LogP contribution in [-0.2, 0) is 11.2 Å². The zero-order valence-electron chi connectivity index (χ0n) is 8.79. The van der Waals surface area contributed by atoms with E-state index in [-0.39, 0.29) is 5.38 Å². The smallest absolute Gasteiger partial charge is 0.0633 e. The van der Waals surface area contributed by atoms with Gasteiger partial charge in [-0.3, -0.25) is 0 Å². The fourth-order valence-corrected chi connectivity index (χ4v) is 1.55. The predicted molar refractivity (Wildman–Crippen MR) is 61.0 cm³/mol. The average Bonchev–Trinajstić information content (AvgIpc) is 2.18. The van der Waals surface area contributed by atoms with Gasteiger partial charge in [0.15, 0.2) is 0 Å². The summed E-state index contributed by atoms with van der Waals surface area (Å²) in [6.07, 6.45) is 0.877. The molecule has 0 radical (unpaired) electrons. The second-order valence-electron chi connectivity index (χ2n) is 3.45. The molecule has 0 aliphatic rings. The second kappa shape index (κ2) is 6.05. The Morgan fingerprint density at radius 2 is 1.93 bits per heavy atom. The van der Waals surface area contributed by atoms with Crippen LogP contribution in [0.5, 0.6) is 0 Å². The molecule has 1 nitrogen and oxygen atoms in total. The van der Waals surface area contributed by atoms with Crippen LogP contribution in [0.2, 0.25) is 0 Å². The number of hydrogen-bond donors (Lipinski definition) is 0. The largest absolute Gasteiger partial charge is 0.380 e. The fraction of sp³-hybridized carbons (Fsp3) is 0.500. The van der Waals surface area contributed by atoms with Crippen LogP contribution in [0.4, 0.5) is 0 Å². The van der Waals surface area contributed by atoms with Crippen molar-refractivity contribution in [2.75, 3.05) is 13.2 Å². The van der Waals surface area contributed by atoms with Crippen molar-refractivity contribution in [2.24, 2.45) is 0 Å². The van der Waals surface area contributed by atoms with E-state index in [0.717, 1.165) is 13.0 Å². The molecule has 0 aliphatic heterocycles. The van der Waals surface area contributed by atoms with Gasteiger partial charge < -0.3 is 4.74 Å². The third kappa shape index (κ3) is 4.12. The van der Waals surface area contributed by atoms with E-state index in [1.807, 2.05) is 6.92 Å². The topological polar surface area (TPSA) is 9.23 Å². The third-order valence-corrected chi connectivity index (χ3v) is 2.36. The Kier molecular flexibility index (Phi) is 4.99. The summed E-state index contributed by atoms with van der Waals surface area (Å²) in [7, 11) is 0. The van der Waals surface area contributed by atoms with Gasteiger partial charge in [0, 0.05) is 6.61 Å². The Labute approximate surface area is 91.0 Å². The van der Waals surface area contributed by atoms with Gasteiger partial charge in [-0.05, 0) is 25.8 Å². The molecule has 0 aromatic heterocycles. The molecule has 0 fully saturated rings. The van der Waals surface area contributed by atoms with Crippen LogP contribution < -0.4 is 0 Å². The number of hydrogen-bond acceptors (Lipinski definition) is 1. The summed E-state index contributed by atoms with van der Waals surface area (Å²) in [5, 5.41) is 0.0812. The minimum atomic E-state index is 0.0812. The molecule has 1 aromatic rings. The van der Waals surface area contributed by atoms with E-state index in [1.165, 1.54) is 11.1 Å². The van der Waals surface area contributed by atoms with Crippen molar-refractivity contribution < 1.29 is 4.74 Å². The maximum Gasteiger partial charge on any atom is 0.0633 e. The molecule has 0 aliphatic carbocycles. The van der Waals surface area contributed by atoms with Gasteiger partial charge in [-0.2, -0.15) is 0 Å². The van der Waals surface area contributed by atoms with E-state index in [4.69, 9.17) is 16.3 Å². The van der Waals surface area contributed by atoms with Crippen molar-refractivity contribution in [1.29, 1.82) is 0 Å². The summed E-state index contributed by atoms with van der Waals surface area (Å²) < 4.78 is 5.26. The van der Waals surface area contributed by atoms with Crippen molar-refractivity contribution in [1.82, 2.24) is 0 Å². The molecular formula is C12H17ClO. The molecule has 0 heterocycles. The molecule has 1 rings (SSSR count). The van der Waals surface area contributed by atoms with E-state index in [1.54, 1.807) is 0 Å². The quantitative estimate of drug-likeness (QED) is 0.682. The van der Waals surface area contributed by atoms with Crippen LogP contribution in [0, 0.1) is 6.92 Å². The first-order chi connectivity index (χ1) is 6.72. The average molecular weight is 213 g/mol. The zero-order valence-corrected chi connectivity index (χ0v) is 9.55. The Balaban J connectivity index is 2.39. The summed E-state index contributed by atoms with van der Waals surface area (Å²) in [6.45, 7) is 5.43. The molecule has 78 valence electrons. The normalized spacial score (nSPS) is 12.8. The van der Waals surface area contributed by atoms with E-state index in [2.05, 4.69) is 31.2 Å². The van der Waals surface area contributed by atoms with Crippen molar-refractivity contribution in [2.45, 2.75) is 25.6 Å². The molecule has 1 atom stereocenters. The van der Waals surface area contributed by atoms with Crippen LogP contribution in [0.15, 0.2) is 24.3 Å². The molecule has 14 heavy (non-hydrogen) atoms. The Morgan fingerprint density at radius 3 is 2.50 bits per heavy atom. The Morgan fingerprint density at radius 1 is 1.29 bits per heavy atom. The lowest BCUT2D eigenvalue weighted by Gasteiger charge is -2.09. The van der Waals surface area contributed by atoms with Gasteiger partial charge in [0.1, 0.15) is 0 Å². The number of benzene rings is 1. The Hall–Kier alpha value is -0.530. The molecule has 1 unspecified atom stereocenters. The van der Waals surface area contributed by atoms with Crippen LogP contribution in [0.3, 0.4) is 0 Å². The highest BCUT2D eigenvalue weighted by atomic mass is 35.5. The van der Waals surface area contributed by atoms with E-state index in [9.17, 15) is 0 Å². The maximum atomic E-state index is 6.11. The van der Waals surface area contributed by atoms with Crippen LogP contribution in [0.1, 0.15) is 18.1 Å². The van der Waals surface area contributed by atoms with E-state index < -0.39 is 0 Å². The first kappa shape index (κ1) is 11.5. The summed E-state index contributed by atoms with van der Waals surface area (Å²) in [5.74, 6) is 0. The van der Waals surface area contributed by atoms with Crippen LogP contribution in [-0.4, -0.2) is 18.6 Å². The lowest BCUT2D eigenvalue weighted by Crippen LogP contribution is -2.12. The van der Waals surface area contributed by atoms with Gasteiger partial charge in [0.2, 0.25) is 0 Å². The van der Waals surface area contributed by atoms with Crippen molar-refractivity contribution >= 4 is 11.6 Å². The summed E-state index contributed by atoms with van der Waals surface area (Å²) in [5.41, 5.74) is 2.56. The van der Waals surface area contributed by atoms with Crippen LogP contribution in [0.25, 0.3) is 0 Å². The number of rotatable bonds is 5. The van der Waals surface area contributed by atoms with E-state index >= 15 is 0 Å². The van der Waals surface area contributed by atoms with Crippen molar-refractivity contribution in [3.63, 3.8) is 0 Å². The second-order valence-corrected chi connectivity index (χ2v) is 4.06. The Bertz CT molecular complexity index is 256. The van der Waals surface area contributed by atoms with Gasteiger partial charge in [0.05, 0.1) is 12.0 Å². The SMILES string of the molecule is CCOCC(Cl)Cc1ccc(C)cc1. The predicted octanol–water partition coefficient (Wildman–Crippen LogP) is 3.18. The fourth-order valence-electron chi connectivity index (χ4n) is 1.28. The van der Waals surface area contributed by atoms with E-state index in [0.29, 0.717) is 6.61 Å². The number of ether oxygens (including phenoxy) is 1. The van der Waals surface area contributed by atoms with Gasteiger partial charge >= 0.3 is 0 Å². The maximum absolute atomic E-state index is 6.11. The number of aryl methyl sites for hydroxylation is 1. The standard InChI is InChI=1S/C12H17ClO/c1-3-14-9-12(13)8-11-6-4-10(2)5-7-11/h4-7,12H,3,8-9H2,1-2H3. The lowest BCUT2D eigenvalue weighted by atomic mass is 10.1. The highest BCUT2D eigenvalue weighted by molar-refractivity contribution is 6.20. The van der Waals surface area contributed by atoms with Crippen molar-refractivity contribution in [3.05, 3.63) is 35.4 Å². The first-order valence-electron chi connectivity index (χ1n) is 4.99. The molecule has 0 saturated heterocycles. The highest BCUT2D eigenvalue weighted by Crippen LogP contribution is 2.10. The molecule has 0 N–H and O–H groups in total. The minimum Gasteiger partial charge on any atom is -0.380 e. The molecule has 0 amide bonds. The van der Waals surface area contributed by atoms with Gasteiger partial charge in [-0.1, -0.05) is 29.8 Å². The monoisotopic (exact) mass is 212 g/mol. The molecule has 0 saturated carbocycles. The van der Waals surface area contributed by atoms with Gasteiger partial charge in [0.25, 0.3) is 0 Å². The van der Waals surface area contributed by atoms with Gasteiger partial charge in [-0.15, -0.1) is 11.6 Å². The number of halogens is 1. The summed E-state index contributed by atoms with van der Waals surface area (Å²) >= 11 is 6.11. The van der Waals surface area contributed by atoms with Gasteiger partial charge in [-0.25, -0.2) is 0 Å². The summed E-state index contributed by atoms with van der Waals surface area (Å²) in [6, 6.07) is 8.46. The van der Waals surface area contributed by atoms with Crippen LogP contribution >= 0.6 is 11.6 Å². The molecular weight excluding hydrogens is 196 g/mol.